The van der Waals surface area contributed by atoms with Crippen LogP contribution in [0.25, 0.3) is 0 Å². The Labute approximate surface area is 119 Å². The number of carbonyl (C=O) groups is 1. The van der Waals surface area contributed by atoms with Crippen molar-refractivity contribution in [2.24, 2.45) is 0 Å². The fraction of sp³-hybridized carbons (Fsp3) is 0.250. The molecule has 20 heavy (non-hydrogen) atoms. The third-order valence-corrected chi connectivity index (χ3v) is 2.93. The number of amides is 2. The molecule has 2 rings (SSSR count). The second kappa shape index (κ2) is 7.94. The summed E-state index contributed by atoms with van der Waals surface area (Å²) in [5.74, 6) is 0.564. The summed E-state index contributed by atoms with van der Waals surface area (Å²) < 4.78 is 0. The molecule has 0 radical (unpaired) electrons. The van der Waals surface area contributed by atoms with Crippen molar-refractivity contribution in [2.75, 3.05) is 11.9 Å². The molecule has 4 nitrogen and oxygen atoms in total. The predicted octanol–water partition coefficient (Wildman–Crippen LogP) is 3.23. The molecule has 0 fully saturated rings. The summed E-state index contributed by atoms with van der Waals surface area (Å²) in [6.07, 6.45) is 4.72. The standard InChI is InChI=1S/C16H19N3O/c20-16(19-15-11-5-7-12-17-15)18-13-6-4-10-14-8-2-1-3-9-14/h1-3,5,7-9,11-12H,4,6,10,13H2,(H2,17,18,19,20). The lowest BCUT2D eigenvalue weighted by molar-refractivity contribution is 0.252. The van der Waals surface area contributed by atoms with Crippen LogP contribution in [0.5, 0.6) is 0 Å². The van der Waals surface area contributed by atoms with Gasteiger partial charge in [0, 0.05) is 12.7 Å². The van der Waals surface area contributed by atoms with Gasteiger partial charge >= 0.3 is 6.03 Å². The van der Waals surface area contributed by atoms with Crippen LogP contribution in [-0.4, -0.2) is 17.6 Å². The highest BCUT2D eigenvalue weighted by Crippen LogP contribution is 2.04. The van der Waals surface area contributed by atoms with Crippen molar-refractivity contribution in [2.45, 2.75) is 19.3 Å². The first-order valence-electron chi connectivity index (χ1n) is 6.84. The minimum Gasteiger partial charge on any atom is -0.338 e. The van der Waals surface area contributed by atoms with Gasteiger partial charge in [-0.1, -0.05) is 36.4 Å². The quantitative estimate of drug-likeness (QED) is 0.791. The van der Waals surface area contributed by atoms with Crippen molar-refractivity contribution >= 4 is 11.8 Å². The molecule has 0 aliphatic heterocycles. The van der Waals surface area contributed by atoms with Crippen molar-refractivity contribution in [1.29, 1.82) is 0 Å². The zero-order valence-electron chi connectivity index (χ0n) is 11.4. The van der Waals surface area contributed by atoms with Gasteiger partial charge in [-0.2, -0.15) is 0 Å². The molecular formula is C16H19N3O. The Kier molecular flexibility index (Phi) is 5.58. The Balaban J connectivity index is 1.58. The van der Waals surface area contributed by atoms with Gasteiger partial charge in [0.05, 0.1) is 0 Å². The molecule has 1 heterocycles. The first-order valence-corrected chi connectivity index (χ1v) is 6.84. The van der Waals surface area contributed by atoms with Crippen molar-refractivity contribution < 1.29 is 4.79 Å². The number of pyridine rings is 1. The van der Waals surface area contributed by atoms with Gasteiger partial charge in [0.25, 0.3) is 0 Å². The number of unbranched alkanes of at least 4 members (excludes halogenated alkanes) is 1. The van der Waals surface area contributed by atoms with E-state index in [1.165, 1.54) is 5.56 Å². The van der Waals surface area contributed by atoms with Gasteiger partial charge in [-0.15, -0.1) is 0 Å². The van der Waals surface area contributed by atoms with Crippen molar-refractivity contribution in [1.82, 2.24) is 10.3 Å². The van der Waals surface area contributed by atoms with E-state index in [1.807, 2.05) is 30.3 Å². The molecule has 0 unspecified atom stereocenters. The second-order valence-electron chi connectivity index (χ2n) is 4.54. The zero-order valence-corrected chi connectivity index (χ0v) is 11.4. The molecular weight excluding hydrogens is 250 g/mol. The minimum absolute atomic E-state index is 0.205. The number of hydrogen-bond donors (Lipinski definition) is 2. The topological polar surface area (TPSA) is 54.0 Å². The van der Waals surface area contributed by atoms with E-state index in [4.69, 9.17) is 0 Å². The normalized spacial score (nSPS) is 10.0. The smallest absolute Gasteiger partial charge is 0.320 e. The number of nitrogens with zero attached hydrogens (tertiary/aromatic N) is 1. The Morgan fingerprint density at radius 2 is 1.80 bits per heavy atom. The average Bonchev–Trinajstić information content (AvgIpc) is 2.49. The molecule has 104 valence electrons. The number of benzene rings is 1. The lowest BCUT2D eigenvalue weighted by atomic mass is 10.1. The molecule has 1 aromatic heterocycles. The van der Waals surface area contributed by atoms with Crippen LogP contribution < -0.4 is 10.6 Å². The number of aromatic nitrogens is 1. The average molecular weight is 269 g/mol. The van der Waals surface area contributed by atoms with Crippen LogP contribution in [0.4, 0.5) is 10.6 Å². The van der Waals surface area contributed by atoms with Gasteiger partial charge in [-0.05, 0) is 37.0 Å². The van der Waals surface area contributed by atoms with Crippen molar-refractivity contribution in [3.05, 3.63) is 60.3 Å². The third-order valence-electron chi connectivity index (χ3n) is 2.93. The summed E-state index contributed by atoms with van der Waals surface area (Å²) in [6, 6.07) is 15.6. The molecule has 0 atom stereocenters. The molecule has 0 saturated carbocycles. The Hall–Kier alpha value is -2.36. The van der Waals surface area contributed by atoms with E-state index >= 15 is 0 Å². The van der Waals surface area contributed by atoms with Gasteiger partial charge < -0.3 is 5.32 Å². The van der Waals surface area contributed by atoms with Gasteiger partial charge in [0.2, 0.25) is 0 Å². The maximum absolute atomic E-state index is 11.6. The number of rotatable bonds is 6. The fourth-order valence-corrected chi connectivity index (χ4v) is 1.90. The monoisotopic (exact) mass is 269 g/mol. The molecule has 4 heteroatoms. The molecule has 0 saturated heterocycles. The third kappa shape index (κ3) is 5.10. The van der Waals surface area contributed by atoms with Gasteiger partial charge in [-0.25, -0.2) is 9.78 Å². The summed E-state index contributed by atoms with van der Waals surface area (Å²) in [6.45, 7) is 0.672. The lowest BCUT2D eigenvalue weighted by Gasteiger charge is -2.06. The van der Waals surface area contributed by atoms with Gasteiger partial charge in [0.15, 0.2) is 0 Å². The molecule has 2 aromatic rings. The molecule has 0 bridgehead atoms. The van der Waals surface area contributed by atoms with Crippen LogP contribution >= 0.6 is 0 Å². The highest BCUT2D eigenvalue weighted by molar-refractivity contribution is 5.88. The number of carbonyl (C=O) groups excluding carboxylic acids is 1. The highest BCUT2D eigenvalue weighted by atomic mass is 16.2. The first-order chi connectivity index (χ1) is 9.84. The zero-order chi connectivity index (χ0) is 14.0. The van der Waals surface area contributed by atoms with Gasteiger partial charge in [-0.3, -0.25) is 5.32 Å². The fourth-order valence-electron chi connectivity index (χ4n) is 1.90. The lowest BCUT2D eigenvalue weighted by Crippen LogP contribution is -2.29. The number of hydrogen-bond acceptors (Lipinski definition) is 2. The summed E-state index contributed by atoms with van der Waals surface area (Å²) in [4.78, 5) is 15.6. The predicted molar refractivity (Wildman–Crippen MR) is 80.6 cm³/mol. The molecule has 0 aliphatic rings. The Bertz CT molecular complexity index is 514. The summed E-state index contributed by atoms with van der Waals surface area (Å²) in [7, 11) is 0. The highest BCUT2D eigenvalue weighted by Gasteiger charge is 2.00. The van der Waals surface area contributed by atoms with E-state index in [0.29, 0.717) is 12.4 Å². The Morgan fingerprint density at radius 1 is 1.00 bits per heavy atom. The number of nitrogens with one attached hydrogen (secondary N) is 2. The van der Waals surface area contributed by atoms with Crippen LogP contribution in [0.1, 0.15) is 18.4 Å². The van der Waals surface area contributed by atoms with Crippen molar-refractivity contribution in [3.63, 3.8) is 0 Å². The summed E-state index contributed by atoms with van der Waals surface area (Å²) >= 11 is 0. The SMILES string of the molecule is O=C(NCCCCc1ccccc1)Nc1ccccn1. The maximum atomic E-state index is 11.6. The van der Waals surface area contributed by atoms with E-state index in [0.717, 1.165) is 19.3 Å². The summed E-state index contributed by atoms with van der Waals surface area (Å²) in [5, 5.41) is 5.52. The maximum Gasteiger partial charge on any atom is 0.320 e. The van der Waals surface area contributed by atoms with Crippen LogP contribution in [-0.2, 0) is 6.42 Å². The van der Waals surface area contributed by atoms with E-state index in [1.54, 1.807) is 12.3 Å². The minimum atomic E-state index is -0.205. The summed E-state index contributed by atoms with van der Waals surface area (Å²) in [5.41, 5.74) is 1.34. The largest absolute Gasteiger partial charge is 0.338 e. The number of urea groups is 1. The van der Waals surface area contributed by atoms with Gasteiger partial charge in [0.1, 0.15) is 5.82 Å². The molecule has 2 amide bonds. The van der Waals surface area contributed by atoms with E-state index in [9.17, 15) is 4.79 Å². The first kappa shape index (κ1) is 14.1. The molecule has 1 aromatic carbocycles. The molecule has 0 spiro atoms. The van der Waals surface area contributed by atoms with Crippen LogP contribution in [0.15, 0.2) is 54.7 Å². The number of anilines is 1. The van der Waals surface area contributed by atoms with Crippen LogP contribution in [0, 0.1) is 0 Å². The van der Waals surface area contributed by atoms with Crippen LogP contribution in [0.3, 0.4) is 0 Å². The second-order valence-corrected chi connectivity index (χ2v) is 4.54. The van der Waals surface area contributed by atoms with E-state index in [-0.39, 0.29) is 6.03 Å². The van der Waals surface area contributed by atoms with E-state index < -0.39 is 0 Å². The van der Waals surface area contributed by atoms with E-state index in [2.05, 4.69) is 27.8 Å². The molecule has 2 N–H and O–H groups in total. The van der Waals surface area contributed by atoms with Crippen molar-refractivity contribution in [3.8, 4) is 0 Å². The molecule has 0 aliphatic carbocycles. The Morgan fingerprint density at radius 3 is 2.55 bits per heavy atom. The van der Waals surface area contributed by atoms with Crippen LogP contribution in [0.2, 0.25) is 0 Å². The number of aryl methyl sites for hydroxylation is 1.